The van der Waals surface area contributed by atoms with E-state index in [-0.39, 0.29) is 28.0 Å². The summed E-state index contributed by atoms with van der Waals surface area (Å²) in [5.41, 5.74) is 1.60. The number of aromatic nitrogens is 2. The normalized spacial score (nSPS) is 11.3. The van der Waals surface area contributed by atoms with Gasteiger partial charge in [-0.05, 0) is 50.2 Å². The van der Waals surface area contributed by atoms with E-state index in [1.807, 2.05) is 0 Å². The first-order valence-corrected chi connectivity index (χ1v) is 8.78. The average Bonchev–Trinajstić information content (AvgIpc) is 2.91. The number of pyridine rings is 1. The number of nitrogens with one attached hydrogen (secondary N) is 2. The summed E-state index contributed by atoms with van der Waals surface area (Å²) in [5, 5.41) is 6.68. The zero-order valence-corrected chi connectivity index (χ0v) is 14.3. The van der Waals surface area contributed by atoms with Gasteiger partial charge in [0.05, 0.1) is 11.9 Å². The lowest BCUT2D eigenvalue weighted by atomic mass is 10.3. The molecule has 0 aliphatic rings. The quantitative estimate of drug-likeness (QED) is 0.722. The first-order valence-electron chi connectivity index (χ1n) is 7.29. The van der Waals surface area contributed by atoms with Gasteiger partial charge in [0.25, 0.3) is 10.0 Å². The maximum Gasteiger partial charge on any atom is 0.268 e. The van der Waals surface area contributed by atoms with Gasteiger partial charge in [-0.2, -0.15) is 0 Å². The number of nitrogens with zero attached hydrogens (tertiary/aromatic N) is 2. The third kappa shape index (κ3) is 3.77. The molecule has 9 heteroatoms. The van der Waals surface area contributed by atoms with E-state index >= 15 is 0 Å². The number of rotatable bonds is 5. The van der Waals surface area contributed by atoms with Crippen molar-refractivity contribution in [2.24, 2.45) is 0 Å². The summed E-state index contributed by atoms with van der Waals surface area (Å²) >= 11 is 0. The number of hydrogen-bond acceptors (Lipinski definition) is 6. The molecule has 0 radical (unpaired) electrons. The average molecular weight is 362 g/mol. The Labute approximate surface area is 143 Å². The molecular weight excluding hydrogens is 347 g/mol. The highest BCUT2D eigenvalue weighted by Gasteiger charge is 2.24. The van der Waals surface area contributed by atoms with Crippen LogP contribution in [0.2, 0.25) is 0 Å². The molecule has 2 heterocycles. The van der Waals surface area contributed by atoms with Crippen LogP contribution in [0.5, 0.6) is 0 Å². The van der Waals surface area contributed by atoms with Crippen LogP contribution in [-0.4, -0.2) is 18.6 Å². The Bertz CT molecular complexity index is 964. The number of hydrogen-bond donors (Lipinski definition) is 2. The number of benzene rings is 1. The Morgan fingerprint density at radius 3 is 2.28 bits per heavy atom. The Kier molecular flexibility index (Phi) is 4.41. The first-order chi connectivity index (χ1) is 11.8. The number of aryl methyl sites for hydroxylation is 2. The lowest BCUT2D eigenvalue weighted by Crippen LogP contribution is -2.15. The van der Waals surface area contributed by atoms with Crippen molar-refractivity contribution in [3.8, 4) is 0 Å². The summed E-state index contributed by atoms with van der Waals surface area (Å²) in [7, 11) is -3.84. The fraction of sp³-hybridized carbons (Fsp3) is 0.125. The molecule has 0 amide bonds. The van der Waals surface area contributed by atoms with E-state index in [1.54, 1.807) is 25.1 Å². The first kappa shape index (κ1) is 16.9. The predicted molar refractivity (Wildman–Crippen MR) is 90.7 cm³/mol. The minimum atomic E-state index is -3.84. The van der Waals surface area contributed by atoms with E-state index in [9.17, 15) is 12.8 Å². The molecule has 0 bridgehead atoms. The molecule has 0 fully saturated rings. The summed E-state index contributed by atoms with van der Waals surface area (Å²) in [4.78, 5) is 4.07. The predicted octanol–water partition coefficient (Wildman–Crippen LogP) is 3.37. The van der Waals surface area contributed by atoms with Gasteiger partial charge in [-0.1, -0.05) is 5.16 Å². The summed E-state index contributed by atoms with van der Waals surface area (Å²) in [6.45, 7) is 3.08. The highest BCUT2D eigenvalue weighted by Crippen LogP contribution is 2.22. The molecule has 1 aromatic carbocycles. The maximum atomic E-state index is 12.9. The van der Waals surface area contributed by atoms with Gasteiger partial charge in [0, 0.05) is 5.69 Å². The van der Waals surface area contributed by atoms with Crippen molar-refractivity contribution in [3.63, 3.8) is 0 Å². The second kappa shape index (κ2) is 6.52. The molecule has 130 valence electrons. The van der Waals surface area contributed by atoms with Crippen molar-refractivity contribution >= 4 is 27.2 Å². The van der Waals surface area contributed by atoms with Crippen LogP contribution in [0.1, 0.15) is 11.5 Å². The molecule has 0 spiro atoms. The van der Waals surface area contributed by atoms with Crippen molar-refractivity contribution in [3.05, 3.63) is 59.9 Å². The molecule has 0 atom stereocenters. The van der Waals surface area contributed by atoms with E-state index in [4.69, 9.17) is 4.52 Å². The van der Waals surface area contributed by atoms with Gasteiger partial charge in [0.1, 0.15) is 17.3 Å². The molecule has 0 saturated carbocycles. The van der Waals surface area contributed by atoms with Crippen molar-refractivity contribution < 1.29 is 17.3 Å². The minimum absolute atomic E-state index is 0.00261. The van der Waals surface area contributed by atoms with Gasteiger partial charge in [-0.15, -0.1) is 0 Å². The molecule has 0 aliphatic carbocycles. The van der Waals surface area contributed by atoms with Crippen LogP contribution in [0.3, 0.4) is 0 Å². The fourth-order valence-electron chi connectivity index (χ4n) is 2.28. The standard InChI is InChI=1S/C16H15FN4O3S/c1-10-16(11(2)24-20-10)25(22,23)21-15-8-7-14(9-18-15)19-13-5-3-12(17)4-6-13/h3-9,19H,1-2H3,(H,18,21). The van der Waals surface area contributed by atoms with E-state index in [2.05, 4.69) is 20.2 Å². The summed E-state index contributed by atoms with van der Waals surface area (Å²) in [5.74, 6) is 0.0389. The third-order valence-electron chi connectivity index (χ3n) is 3.37. The molecule has 3 aromatic rings. The second-order valence-electron chi connectivity index (χ2n) is 5.32. The van der Waals surface area contributed by atoms with E-state index in [0.29, 0.717) is 11.4 Å². The molecule has 7 nitrogen and oxygen atoms in total. The molecule has 0 unspecified atom stereocenters. The highest BCUT2D eigenvalue weighted by atomic mass is 32.2. The summed E-state index contributed by atoms with van der Waals surface area (Å²) < 4.78 is 45.0. The van der Waals surface area contributed by atoms with Crippen LogP contribution < -0.4 is 10.0 Å². The Morgan fingerprint density at radius 2 is 1.72 bits per heavy atom. The van der Waals surface area contributed by atoms with Crippen molar-refractivity contribution in [2.75, 3.05) is 10.0 Å². The molecule has 0 saturated heterocycles. The van der Waals surface area contributed by atoms with Crippen molar-refractivity contribution in [2.45, 2.75) is 18.7 Å². The second-order valence-corrected chi connectivity index (χ2v) is 6.94. The SMILES string of the molecule is Cc1noc(C)c1S(=O)(=O)Nc1ccc(Nc2ccc(F)cc2)cn1. The van der Waals surface area contributed by atoms with Gasteiger partial charge in [-0.3, -0.25) is 4.72 Å². The van der Waals surface area contributed by atoms with Gasteiger partial charge in [0.2, 0.25) is 0 Å². The Hall–Kier alpha value is -2.94. The van der Waals surface area contributed by atoms with E-state index in [0.717, 1.165) is 0 Å². The number of halogens is 1. The molecule has 2 aromatic heterocycles. The zero-order valence-electron chi connectivity index (χ0n) is 13.4. The van der Waals surface area contributed by atoms with Crippen LogP contribution in [-0.2, 0) is 10.0 Å². The molecule has 25 heavy (non-hydrogen) atoms. The van der Waals surface area contributed by atoms with Gasteiger partial charge in [0.15, 0.2) is 10.7 Å². The lowest BCUT2D eigenvalue weighted by Gasteiger charge is -2.09. The summed E-state index contributed by atoms with van der Waals surface area (Å²) in [6.07, 6.45) is 1.47. The van der Waals surface area contributed by atoms with E-state index in [1.165, 1.54) is 31.3 Å². The van der Waals surface area contributed by atoms with Crippen molar-refractivity contribution in [1.29, 1.82) is 0 Å². The molecule has 0 aliphatic heterocycles. The fourth-order valence-corrected chi connectivity index (χ4v) is 3.62. The monoisotopic (exact) mass is 362 g/mol. The van der Waals surface area contributed by atoms with Crippen LogP contribution in [0.25, 0.3) is 0 Å². The van der Waals surface area contributed by atoms with Gasteiger partial charge >= 0.3 is 0 Å². The maximum absolute atomic E-state index is 12.9. The molecule has 2 N–H and O–H groups in total. The van der Waals surface area contributed by atoms with E-state index < -0.39 is 10.0 Å². The Balaban J connectivity index is 1.75. The van der Waals surface area contributed by atoms with Crippen LogP contribution in [0, 0.1) is 19.7 Å². The molecule has 3 rings (SSSR count). The van der Waals surface area contributed by atoms with Crippen LogP contribution in [0.4, 0.5) is 21.6 Å². The molecular formula is C16H15FN4O3S. The topological polar surface area (TPSA) is 97.1 Å². The van der Waals surface area contributed by atoms with Crippen molar-refractivity contribution in [1.82, 2.24) is 10.1 Å². The van der Waals surface area contributed by atoms with Crippen LogP contribution >= 0.6 is 0 Å². The largest absolute Gasteiger partial charge is 0.360 e. The minimum Gasteiger partial charge on any atom is -0.360 e. The Morgan fingerprint density at radius 1 is 1.04 bits per heavy atom. The zero-order chi connectivity index (χ0) is 18.0. The summed E-state index contributed by atoms with van der Waals surface area (Å²) in [6, 6.07) is 9.01. The van der Waals surface area contributed by atoms with Crippen LogP contribution in [0.15, 0.2) is 52.0 Å². The lowest BCUT2D eigenvalue weighted by molar-refractivity contribution is 0.390. The van der Waals surface area contributed by atoms with Gasteiger partial charge < -0.3 is 9.84 Å². The smallest absolute Gasteiger partial charge is 0.268 e. The number of sulfonamides is 1. The van der Waals surface area contributed by atoms with Gasteiger partial charge in [-0.25, -0.2) is 17.8 Å². The third-order valence-corrected chi connectivity index (χ3v) is 4.97. The highest BCUT2D eigenvalue weighted by molar-refractivity contribution is 7.92. The number of anilines is 3.